The molecule has 20 heavy (non-hydrogen) atoms. The second-order valence-electron chi connectivity index (χ2n) is 5.20. The van der Waals surface area contributed by atoms with E-state index < -0.39 is 11.5 Å². The number of piperidine rings is 1. The highest BCUT2D eigenvalue weighted by molar-refractivity contribution is 5.85. The number of carbonyl (C=O) groups is 2. The first-order valence-electron chi connectivity index (χ1n) is 6.64. The van der Waals surface area contributed by atoms with Gasteiger partial charge in [-0.25, -0.2) is 4.68 Å². The number of carbonyl (C=O) groups excluding carboxylic acids is 1. The molecule has 1 aliphatic rings. The fourth-order valence-electron chi connectivity index (χ4n) is 2.25. The monoisotopic (exact) mass is 281 g/mol. The van der Waals surface area contributed by atoms with E-state index in [1.165, 1.54) is 10.9 Å². The van der Waals surface area contributed by atoms with E-state index in [-0.39, 0.29) is 19.0 Å². The second-order valence-corrected chi connectivity index (χ2v) is 5.20. The Labute approximate surface area is 116 Å². The highest BCUT2D eigenvalue weighted by atomic mass is 16.4. The van der Waals surface area contributed by atoms with Crippen LogP contribution >= 0.6 is 0 Å². The number of hydrogen-bond donors (Lipinski definition) is 3. The smallest absolute Gasteiger partial charge is 0.325 e. The van der Waals surface area contributed by atoms with Crippen LogP contribution in [0.4, 0.5) is 0 Å². The Bertz CT molecular complexity index is 493. The van der Waals surface area contributed by atoms with E-state index in [2.05, 4.69) is 20.9 Å². The van der Waals surface area contributed by atoms with Crippen molar-refractivity contribution < 1.29 is 14.7 Å². The number of amides is 1. The maximum absolute atomic E-state index is 12.2. The molecular weight excluding hydrogens is 262 g/mol. The molecule has 0 bridgehead atoms. The summed E-state index contributed by atoms with van der Waals surface area (Å²) in [5, 5.41) is 22.2. The van der Waals surface area contributed by atoms with Crippen LogP contribution in [0.15, 0.2) is 6.20 Å². The van der Waals surface area contributed by atoms with E-state index in [9.17, 15) is 9.59 Å². The topological polar surface area (TPSA) is 109 Å². The van der Waals surface area contributed by atoms with Gasteiger partial charge in [-0.1, -0.05) is 5.21 Å². The summed E-state index contributed by atoms with van der Waals surface area (Å²) < 4.78 is 1.23. The van der Waals surface area contributed by atoms with Crippen LogP contribution in [0.3, 0.4) is 0 Å². The van der Waals surface area contributed by atoms with Crippen LogP contribution in [-0.4, -0.2) is 44.1 Å². The molecule has 1 aromatic rings. The molecular formula is C12H19N5O3. The van der Waals surface area contributed by atoms with Crippen LogP contribution < -0.4 is 10.6 Å². The summed E-state index contributed by atoms with van der Waals surface area (Å²) in [5.74, 6) is -1.05. The van der Waals surface area contributed by atoms with Gasteiger partial charge in [0.05, 0.1) is 18.3 Å². The molecule has 0 aliphatic carbocycles. The Morgan fingerprint density at radius 1 is 1.55 bits per heavy atom. The molecule has 1 amide bonds. The summed E-state index contributed by atoms with van der Waals surface area (Å²) in [6.45, 7) is 2.75. The number of aliphatic carboxylic acids is 1. The Morgan fingerprint density at radius 3 is 3.00 bits per heavy atom. The molecule has 1 saturated heterocycles. The normalized spacial score (nSPS) is 22.4. The van der Waals surface area contributed by atoms with Gasteiger partial charge in [0.2, 0.25) is 5.91 Å². The maximum Gasteiger partial charge on any atom is 0.325 e. The van der Waals surface area contributed by atoms with Crippen LogP contribution in [0, 0.1) is 0 Å². The Hall–Kier alpha value is -1.96. The van der Waals surface area contributed by atoms with E-state index in [4.69, 9.17) is 5.11 Å². The lowest BCUT2D eigenvalue weighted by molar-refractivity contribution is -0.138. The van der Waals surface area contributed by atoms with E-state index in [0.717, 1.165) is 25.8 Å². The van der Waals surface area contributed by atoms with E-state index >= 15 is 0 Å². The molecule has 1 aliphatic heterocycles. The number of rotatable bonds is 5. The average molecular weight is 281 g/mol. The molecule has 110 valence electrons. The number of aromatic nitrogens is 3. The highest BCUT2D eigenvalue weighted by Gasteiger charge is 2.33. The number of carboxylic acid groups (broad SMARTS) is 1. The second kappa shape index (κ2) is 6.00. The lowest BCUT2D eigenvalue weighted by Crippen LogP contribution is -2.56. The summed E-state index contributed by atoms with van der Waals surface area (Å²) in [6.07, 6.45) is 4.45. The van der Waals surface area contributed by atoms with Crippen LogP contribution in [-0.2, 0) is 22.7 Å². The highest BCUT2D eigenvalue weighted by Crippen LogP contribution is 2.18. The summed E-state index contributed by atoms with van der Waals surface area (Å²) in [7, 11) is 0. The third-order valence-corrected chi connectivity index (χ3v) is 3.43. The minimum absolute atomic E-state index is 0.0648. The minimum Gasteiger partial charge on any atom is -0.480 e. The van der Waals surface area contributed by atoms with Crippen LogP contribution in [0.2, 0.25) is 0 Å². The van der Waals surface area contributed by atoms with Crippen molar-refractivity contribution in [2.24, 2.45) is 0 Å². The quantitative estimate of drug-likeness (QED) is 0.672. The summed E-state index contributed by atoms with van der Waals surface area (Å²) in [4.78, 5) is 22.7. The first kappa shape index (κ1) is 14.4. The lowest BCUT2D eigenvalue weighted by Gasteiger charge is -2.33. The van der Waals surface area contributed by atoms with Crippen molar-refractivity contribution in [3.63, 3.8) is 0 Å². The maximum atomic E-state index is 12.2. The fraction of sp³-hybridized carbons (Fsp3) is 0.667. The molecule has 3 N–H and O–H groups in total. The van der Waals surface area contributed by atoms with Gasteiger partial charge >= 0.3 is 5.97 Å². The van der Waals surface area contributed by atoms with Crippen molar-refractivity contribution in [2.45, 2.75) is 44.8 Å². The first-order chi connectivity index (χ1) is 9.49. The third-order valence-electron chi connectivity index (χ3n) is 3.43. The minimum atomic E-state index is -0.982. The number of nitrogens with zero attached hydrogens (tertiary/aromatic N) is 3. The standard InChI is InChI=1S/C12H19N5O3/c1-12(4-2-3-5-14-12)11(20)13-6-9-7-17(16-15-9)8-10(18)19/h7,14H,2-6,8H2,1H3,(H,13,20)(H,18,19). The van der Waals surface area contributed by atoms with Crippen molar-refractivity contribution in [1.82, 2.24) is 25.6 Å². The van der Waals surface area contributed by atoms with Gasteiger partial charge in [0.15, 0.2) is 0 Å². The summed E-state index contributed by atoms with van der Waals surface area (Å²) >= 11 is 0. The van der Waals surface area contributed by atoms with E-state index in [0.29, 0.717) is 5.69 Å². The molecule has 0 saturated carbocycles. The van der Waals surface area contributed by atoms with Crippen LogP contribution in [0.5, 0.6) is 0 Å². The van der Waals surface area contributed by atoms with Gasteiger partial charge in [-0.05, 0) is 32.7 Å². The zero-order chi connectivity index (χ0) is 14.6. The Balaban J connectivity index is 1.86. The van der Waals surface area contributed by atoms with Gasteiger partial charge in [-0.3, -0.25) is 9.59 Å². The summed E-state index contributed by atoms with van der Waals surface area (Å²) in [5.41, 5.74) is 0.00832. The molecule has 1 unspecified atom stereocenters. The number of hydrogen-bond acceptors (Lipinski definition) is 5. The molecule has 8 heteroatoms. The third kappa shape index (κ3) is 3.53. The molecule has 1 atom stereocenters. The lowest BCUT2D eigenvalue weighted by atomic mass is 9.90. The molecule has 1 aromatic heterocycles. The van der Waals surface area contributed by atoms with Gasteiger partial charge in [-0.2, -0.15) is 0 Å². The zero-order valence-electron chi connectivity index (χ0n) is 11.4. The van der Waals surface area contributed by atoms with E-state index in [1.807, 2.05) is 6.92 Å². The first-order valence-corrected chi connectivity index (χ1v) is 6.64. The van der Waals surface area contributed by atoms with Gasteiger partial charge in [0.1, 0.15) is 12.2 Å². The van der Waals surface area contributed by atoms with Crippen molar-refractivity contribution >= 4 is 11.9 Å². The number of nitrogens with one attached hydrogen (secondary N) is 2. The molecule has 8 nitrogen and oxygen atoms in total. The average Bonchev–Trinajstić information content (AvgIpc) is 2.83. The van der Waals surface area contributed by atoms with E-state index in [1.54, 1.807) is 0 Å². The Morgan fingerprint density at radius 2 is 2.35 bits per heavy atom. The predicted molar refractivity (Wildman–Crippen MR) is 69.8 cm³/mol. The van der Waals surface area contributed by atoms with Crippen molar-refractivity contribution in [1.29, 1.82) is 0 Å². The molecule has 0 spiro atoms. The molecule has 2 rings (SSSR count). The van der Waals surface area contributed by atoms with Crippen molar-refractivity contribution in [3.8, 4) is 0 Å². The predicted octanol–water partition coefficient (Wildman–Crippen LogP) is -0.489. The molecule has 2 heterocycles. The Kier molecular flexibility index (Phi) is 4.33. The SMILES string of the molecule is CC1(C(=O)NCc2cn(CC(=O)O)nn2)CCCCN1. The number of carboxylic acids is 1. The van der Waals surface area contributed by atoms with Crippen LogP contribution in [0.1, 0.15) is 31.9 Å². The molecule has 1 fully saturated rings. The van der Waals surface area contributed by atoms with Gasteiger partial charge in [-0.15, -0.1) is 5.10 Å². The van der Waals surface area contributed by atoms with Crippen LogP contribution in [0.25, 0.3) is 0 Å². The zero-order valence-corrected chi connectivity index (χ0v) is 11.4. The molecule has 0 aromatic carbocycles. The van der Waals surface area contributed by atoms with Gasteiger partial charge < -0.3 is 15.7 Å². The van der Waals surface area contributed by atoms with Gasteiger partial charge in [0.25, 0.3) is 0 Å². The molecule has 0 radical (unpaired) electrons. The van der Waals surface area contributed by atoms with Crippen molar-refractivity contribution in [3.05, 3.63) is 11.9 Å². The largest absolute Gasteiger partial charge is 0.480 e. The van der Waals surface area contributed by atoms with Gasteiger partial charge in [0, 0.05) is 0 Å². The fourth-order valence-corrected chi connectivity index (χ4v) is 2.25. The summed E-state index contributed by atoms with van der Waals surface area (Å²) in [6, 6.07) is 0. The van der Waals surface area contributed by atoms with Crippen molar-refractivity contribution in [2.75, 3.05) is 6.54 Å².